The normalized spacial score (nSPS) is 14.6. The maximum absolute atomic E-state index is 12.7. The van der Waals surface area contributed by atoms with Gasteiger partial charge in [-0.3, -0.25) is 14.6 Å². The molecule has 0 unspecified atom stereocenters. The summed E-state index contributed by atoms with van der Waals surface area (Å²) in [6.45, 7) is 5.13. The summed E-state index contributed by atoms with van der Waals surface area (Å²) in [5.74, 6) is 0.317. The van der Waals surface area contributed by atoms with E-state index in [4.69, 9.17) is 16.3 Å². The minimum absolute atomic E-state index is 0.0400. The zero-order valence-electron chi connectivity index (χ0n) is 16.1. The van der Waals surface area contributed by atoms with E-state index in [1.165, 1.54) is 0 Å². The maximum atomic E-state index is 12.7. The van der Waals surface area contributed by atoms with E-state index in [-0.39, 0.29) is 17.9 Å². The fraction of sp³-hybridized carbons (Fsp3) is 0.381. The van der Waals surface area contributed by atoms with Crippen LogP contribution in [0.25, 0.3) is 0 Å². The summed E-state index contributed by atoms with van der Waals surface area (Å²) in [6.07, 6.45) is 1.43. The predicted molar refractivity (Wildman–Crippen MR) is 108 cm³/mol. The molecule has 0 saturated carbocycles. The Kier molecular flexibility index (Phi) is 6.52. The molecule has 0 spiro atoms. The van der Waals surface area contributed by atoms with Gasteiger partial charge in [0.1, 0.15) is 11.9 Å². The lowest BCUT2D eigenvalue weighted by Gasteiger charge is -2.31. The van der Waals surface area contributed by atoms with E-state index in [2.05, 4.69) is 10.3 Å². The molecule has 7 heteroatoms. The summed E-state index contributed by atoms with van der Waals surface area (Å²) in [7, 11) is 0. The lowest BCUT2D eigenvalue weighted by atomic mass is 10.1. The van der Waals surface area contributed by atoms with Crippen LogP contribution >= 0.6 is 11.6 Å². The van der Waals surface area contributed by atoms with Crippen molar-refractivity contribution in [2.24, 2.45) is 0 Å². The molecule has 1 saturated heterocycles. The van der Waals surface area contributed by atoms with Crippen molar-refractivity contribution < 1.29 is 14.3 Å². The molecule has 1 aromatic heterocycles. The second-order valence-corrected chi connectivity index (χ2v) is 7.35. The number of nitrogens with one attached hydrogen (secondary N) is 1. The maximum Gasteiger partial charge on any atom is 0.255 e. The monoisotopic (exact) mass is 401 g/mol. The molecule has 148 valence electrons. The molecule has 2 aromatic rings. The van der Waals surface area contributed by atoms with E-state index in [9.17, 15) is 9.59 Å². The third-order valence-electron chi connectivity index (χ3n) is 4.74. The van der Waals surface area contributed by atoms with Crippen molar-refractivity contribution in [2.45, 2.75) is 39.3 Å². The Balaban J connectivity index is 1.66. The van der Waals surface area contributed by atoms with E-state index < -0.39 is 0 Å². The van der Waals surface area contributed by atoms with Gasteiger partial charge in [-0.15, -0.1) is 0 Å². The van der Waals surface area contributed by atoms with Gasteiger partial charge in [0.2, 0.25) is 5.91 Å². The summed E-state index contributed by atoms with van der Waals surface area (Å²) in [5.41, 5.74) is 2.08. The molecule has 1 fully saturated rings. The molecular weight excluding hydrogens is 378 g/mol. The third-order valence-corrected chi connectivity index (χ3v) is 4.98. The fourth-order valence-electron chi connectivity index (χ4n) is 3.21. The Morgan fingerprint density at radius 3 is 2.68 bits per heavy atom. The second-order valence-electron chi connectivity index (χ2n) is 6.92. The Morgan fingerprint density at radius 1 is 1.25 bits per heavy atom. The SMILES string of the molecule is CC(=O)N1CCC(Oc2ccc(Cl)cc2C(=O)NCc2cccc(C)n2)CC1. The highest BCUT2D eigenvalue weighted by molar-refractivity contribution is 6.31. The molecule has 1 aromatic carbocycles. The van der Waals surface area contributed by atoms with Gasteiger partial charge in [-0.25, -0.2) is 0 Å². The van der Waals surface area contributed by atoms with Crippen molar-refractivity contribution >= 4 is 23.4 Å². The first-order valence-corrected chi connectivity index (χ1v) is 9.72. The zero-order valence-corrected chi connectivity index (χ0v) is 16.8. The number of pyridine rings is 1. The van der Waals surface area contributed by atoms with Crippen molar-refractivity contribution in [1.29, 1.82) is 0 Å². The first-order valence-electron chi connectivity index (χ1n) is 9.35. The highest BCUT2D eigenvalue weighted by atomic mass is 35.5. The smallest absolute Gasteiger partial charge is 0.255 e. The van der Waals surface area contributed by atoms with Crippen molar-refractivity contribution in [2.75, 3.05) is 13.1 Å². The van der Waals surface area contributed by atoms with Crippen LogP contribution in [0.3, 0.4) is 0 Å². The first-order chi connectivity index (χ1) is 13.4. The minimum atomic E-state index is -0.262. The fourth-order valence-corrected chi connectivity index (χ4v) is 3.39. The molecule has 1 aliphatic rings. The van der Waals surface area contributed by atoms with Crippen LogP contribution in [0.2, 0.25) is 5.02 Å². The number of ether oxygens (including phenoxy) is 1. The number of likely N-dealkylation sites (tertiary alicyclic amines) is 1. The average molecular weight is 402 g/mol. The molecule has 28 heavy (non-hydrogen) atoms. The Hall–Kier alpha value is -2.60. The number of halogens is 1. The molecular formula is C21H24ClN3O3. The van der Waals surface area contributed by atoms with Gasteiger partial charge >= 0.3 is 0 Å². The number of aromatic nitrogens is 1. The molecule has 2 amide bonds. The van der Waals surface area contributed by atoms with Crippen molar-refractivity contribution in [3.05, 3.63) is 58.4 Å². The van der Waals surface area contributed by atoms with Crippen LogP contribution < -0.4 is 10.1 Å². The van der Waals surface area contributed by atoms with Gasteiger partial charge in [0.15, 0.2) is 0 Å². The summed E-state index contributed by atoms with van der Waals surface area (Å²) in [6, 6.07) is 10.7. The van der Waals surface area contributed by atoms with Gasteiger partial charge in [0.25, 0.3) is 5.91 Å². The molecule has 3 rings (SSSR count). The predicted octanol–water partition coefficient (Wildman–Crippen LogP) is 3.36. The molecule has 1 N–H and O–H groups in total. The third kappa shape index (κ3) is 5.23. The first kappa shape index (κ1) is 20.1. The summed E-state index contributed by atoms with van der Waals surface area (Å²) < 4.78 is 6.09. The van der Waals surface area contributed by atoms with Crippen LogP contribution in [0.1, 0.15) is 41.5 Å². The van der Waals surface area contributed by atoms with Gasteiger partial charge in [-0.2, -0.15) is 0 Å². The number of hydrogen-bond donors (Lipinski definition) is 1. The number of benzene rings is 1. The highest BCUT2D eigenvalue weighted by Crippen LogP contribution is 2.26. The standard InChI is InChI=1S/C21H24ClN3O3/c1-14-4-3-5-17(24-14)13-23-21(27)19-12-16(22)6-7-20(19)28-18-8-10-25(11-9-18)15(2)26/h3-7,12,18H,8-11,13H2,1-2H3,(H,23,27). The number of nitrogens with zero attached hydrogens (tertiary/aromatic N) is 2. The molecule has 6 nitrogen and oxygen atoms in total. The van der Waals surface area contributed by atoms with Crippen molar-refractivity contribution in [3.63, 3.8) is 0 Å². The molecule has 0 atom stereocenters. The summed E-state index contributed by atoms with van der Waals surface area (Å²) in [4.78, 5) is 30.4. The van der Waals surface area contributed by atoms with Gasteiger partial charge < -0.3 is 15.0 Å². The van der Waals surface area contributed by atoms with Crippen LogP contribution in [0.5, 0.6) is 5.75 Å². The van der Waals surface area contributed by atoms with Gasteiger partial charge in [0.05, 0.1) is 17.8 Å². The lowest BCUT2D eigenvalue weighted by Crippen LogP contribution is -2.40. The molecule has 2 heterocycles. The molecule has 1 aliphatic heterocycles. The van der Waals surface area contributed by atoms with Crippen LogP contribution in [0.15, 0.2) is 36.4 Å². The topological polar surface area (TPSA) is 71.5 Å². The van der Waals surface area contributed by atoms with Crippen LogP contribution in [-0.2, 0) is 11.3 Å². The number of carbonyl (C=O) groups excluding carboxylic acids is 2. The Bertz CT molecular complexity index is 864. The number of rotatable bonds is 5. The van der Waals surface area contributed by atoms with E-state index in [0.717, 1.165) is 24.2 Å². The quantitative estimate of drug-likeness (QED) is 0.833. The number of amides is 2. The van der Waals surface area contributed by atoms with E-state index >= 15 is 0 Å². The van der Waals surface area contributed by atoms with Crippen molar-refractivity contribution in [1.82, 2.24) is 15.2 Å². The average Bonchev–Trinajstić information content (AvgIpc) is 2.68. The van der Waals surface area contributed by atoms with Crippen LogP contribution in [-0.4, -0.2) is 40.9 Å². The Morgan fingerprint density at radius 2 is 2.00 bits per heavy atom. The second kappa shape index (κ2) is 9.06. The van der Waals surface area contributed by atoms with Crippen LogP contribution in [0.4, 0.5) is 0 Å². The number of hydrogen-bond acceptors (Lipinski definition) is 4. The molecule has 0 bridgehead atoms. The number of piperidine rings is 1. The van der Waals surface area contributed by atoms with Crippen molar-refractivity contribution in [3.8, 4) is 5.75 Å². The van der Waals surface area contributed by atoms with E-state index in [0.29, 0.717) is 36.0 Å². The van der Waals surface area contributed by atoms with Crippen LogP contribution in [0, 0.1) is 6.92 Å². The van der Waals surface area contributed by atoms with Gasteiger partial charge in [-0.1, -0.05) is 17.7 Å². The summed E-state index contributed by atoms with van der Waals surface area (Å²) in [5, 5.41) is 3.35. The molecule has 0 radical (unpaired) electrons. The van der Waals surface area contributed by atoms with E-state index in [1.807, 2.05) is 30.0 Å². The largest absolute Gasteiger partial charge is 0.489 e. The van der Waals surface area contributed by atoms with E-state index in [1.54, 1.807) is 25.1 Å². The zero-order chi connectivity index (χ0) is 20.1. The van der Waals surface area contributed by atoms with Gasteiger partial charge in [-0.05, 0) is 37.3 Å². The minimum Gasteiger partial charge on any atom is -0.489 e. The lowest BCUT2D eigenvalue weighted by molar-refractivity contribution is -0.130. The summed E-state index contributed by atoms with van der Waals surface area (Å²) >= 11 is 6.10. The highest BCUT2D eigenvalue weighted by Gasteiger charge is 2.24. The molecule has 0 aliphatic carbocycles. The Labute approximate surface area is 169 Å². The van der Waals surface area contributed by atoms with Gasteiger partial charge in [0, 0.05) is 43.6 Å². The number of aryl methyl sites for hydroxylation is 1. The number of carbonyl (C=O) groups is 2.